The third-order valence-electron chi connectivity index (χ3n) is 3.07. The van der Waals surface area contributed by atoms with Crippen LogP contribution < -0.4 is 11.1 Å². The second kappa shape index (κ2) is 6.47. The number of aromatic carboxylic acids is 1. The van der Waals surface area contributed by atoms with E-state index in [0.717, 1.165) is 17.1 Å². The number of hydrogen-bond acceptors (Lipinski definition) is 5. The molecule has 0 fully saturated rings. The number of nitrogens with one attached hydrogen (secondary N) is 1. The van der Waals surface area contributed by atoms with Gasteiger partial charge >= 0.3 is 5.97 Å². The van der Waals surface area contributed by atoms with Gasteiger partial charge in [-0.2, -0.15) is 4.37 Å². The molecule has 1 aromatic carbocycles. The molecule has 1 amide bonds. The first kappa shape index (κ1) is 15.1. The Hall–Kier alpha value is -2.25. The number of anilines is 1. The molecule has 1 aromatic heterocycles. The Balaban J connectivity index is 2.23. The lowest BCUT2D eigenvalue weighted by molar-refractivity contribution is -0.117. The number of aryl methyl sites for hydroxylation is 1. The molecule has 2 aromatic rings. The molecule has 0 aliphatic heterocycles. The molecule has 4 N–H and O–H groups in total. The lowest BCUT2D eigenvalue weighted by Crippen LogP contribution is -2.27. The van der Waals surface area contributed by atoms with Crippen LogP contribution in [0.3, 0.4) is 0 Å². The average molecular weight is 305 g/mol. The number of nitrogens with zero attached hydrogens (tertiary/aromatic N) is 1. The van der Waals surface area contributed by atoms with E-state index in [1.165, 1.54) is 0 Å². The Morgan fingerprint density at radius 2 is 2.05 bits per heavy atom. The molecular weight excluding hydrogens is 290 g/mol. The fourth-order valence-electron chi connectivity index (χ4n) is 1.99. The van der Waals surface area contributed by atoms with Gasteiger partial charge in [0.2, 0.25) is 5.91 Å². The maximum atomic E-state index is 12.3. The van der Waals surface area contributed by atoms with Crippen LogP contribution >= 0.6 is 11.5 Å². The van der Waals surface area contributed by atoms with Crippen LogP contribution in [0, 0.1) is 6.92 Å². The molecule has 110 valence electrons. The Morgan fingerprint density at radius 1 is 1.38 bits per heavy atom. The Bertz CT molecular complexity index is 655. The van der Waals surface area contributed by atoms with Crippen molar-refractivity contribution in [2.75, 3.05) is 11.9 Å². The highest BCUT2D eigenvalue weighted by atomic mass is 32.1. The molecule has 0 aliphatic rings. The molecule has 0 radical (unpaired) electrons. The molecule has 0 saturated heterocycles. The predicted molar refractivity (Wildman–Crippen MR) is 80.7 cm³/mol. The lowest BCUT2D eigenvalue weighted by Gasteiger charge is -2.14. The van der Waals surface area contributed by atoms with Gasteiger partial charge in [0.1, 0.15) is 10.6 Å². The van der Waals surface area contributed by atoms with Gasteiger partial charge in [0.15, 0.2) is 0 Å². The molecule has 6 nitrogen and oxygen atoms in total. The summed E-state index contributed by atoms with van der Waals surface area (Å²) >= 11 is 0.952. The largest absolute Gasteiger partial charge is 0.478 e. The van der Waals surface area contributed by atoms with Gasteiger partial charge in [-0.25, -0.2) is 4.79 Å². The van der Waals surface area contributed by atoms with Crippen LogP contribution in [0.5, 0.6) is 0 Å². The number of hydrogen-bond donors (Lipinski definition) is 3. The van der Waals surface area contributed by atoms with Gasteiger partial charge in [0.25, 0.3) is 0 Å². The summed E-state index contributed by atoms with van der Waals surface area (Å²) in [5.74, 6) is -1.98. The van der Waals surface area contributed by atoms with Crippen molar-refractivity contribution in [3.63, 3.8) is 0 Å². The van der Waals surface area contributed by atoms with Gasteiger partial charge in [-0.3, -0.25) is 4.79 Å². The second-order valence-electron chi connectivity index (χ2n) is 4.47. The molecule has 2 rings (SSSR count). The number of nitrogens with two attached hydrogens (primary N) is 1. The van der Waals surface area contributed by atoms with E-state index >= 15 is 0 Å². The maximum absolute atomic E-state index is 12.3. The number of carbonyl (C=O) groups is 2. The summed E-state index contributed by atoms with van der Waals surface area (Å²) in [6.07, 6.45) is 0. The minimum atomic E-state index is -1.11. The van der Waals surface area contributed by atoms with E-state index in [2.05, 4.69) is 9.69 Å². The van der Waals surface area contributed by atoms with Crippen molar-refractivity contribution < 1.29 is 14.7 Å². The van der Waals surface area contributed by atoms with Crippen LogP contribution in [0.1, 0.15) is 27.5 Å². The van der Waals surface area contributed by atoms with E-state index in [-0.39, 0.29) is 23.0 Å². The van der Waals surface area contributed by atoms with Crippen LogP contribution in [0.25, 0.3) is 0 Å². The maximum Gasteiger partial charge on any atom is 0.340 e. The van der Waals surface area contributed by atoms with Crippen molar-refractivity contribution in [3.8, 4) is 0 Å². The molecule has 0 bridgehead atoms. The summed E-state index contributed by atoms with van der Waals surface area (Å²) in [4.78, 5) is 23.5. The van der Waals surface area contributed by atoms with E-state index in [1.807, 2.05) is 30.3 Å². The Morgan fingerprint density at radius 3 is 2.62 bits per heavy atom. The molecule has 7 heteroatoms. The standard InChI is InChI=1S/C14H15N3O3S/c1-8-11(14(19)20)13(21-17-8)16-12(18)10(7-15)9-5-3-2-4-6-9/h2-6,10H,7,15H2,1H3,(H,16,18)(H,19,20). The van der Waals surface area contributed by atoms with Gasteiger partial charge in [0, 0.05) is 6.54 Å². The van der Waals surface area contributed by atoms with Crippen molar-refractivity contribution in [1.82, 2.24) is 4.37 Å². The molecule has 0 spiro atoms. The monoisotopic (exact) mass is 305 g/mol. The van der Waals surface area contributed by atoms with Gasteiger partial charge < -0.3 is 16.2 Å². The fraction of sp³-hybridized carbons (Fsp3) is 0.214. The van der Waals surface area contributed by atoms with Crippen LogP contribution in [-0.2, 0) is 4.79 Å². The number of carboxylic acid groups (broad SMARTS) is 1. The number of carboxylic acids is 1. The molecule has 0 aliphatic carbocycles. The quantitative estimate of drug-likeness (QED) is 0.781. The lowest BCUT2D eigenvalue weighted by atomic mass is 9.98. The summed E-state index contributed by atoms with van der Waals surface area (Å²) in [6, 6.07) is 9.12. The van der Waals surface area contributed by atoms with Gasteiger partial charge in [-0.15, -0.1) is 0 Å². The van der Waals surface area contributed by atoms with Crippen LogP contribution in [0.4, 0.5) is 5.00 Å². The van der Waals surface area contributed by atoms with Crippen molar-refractivity contribution >= 4 is 28.4 Å². The predicted octanol–water partition coefficient (Wildman–Crippen LogP) is 1.83. The Labute approximate surface area is 125 Å². The highest BCUT2D eigenvalue weighted by Crippen LogP contribution is 2.26. The molecule has 1 heterocycles. The van der Waals surface area contributed by atoms with E-state index in [1.54, 1.807) is 6.92 Å². The van der Waals surface area contributed by atoms with Crippen molar-refractivity contribution in [2.24, 2.45) is 5.73 Å². The van der Waals surface area contributed by atoms with E-state index in [9.17, 15) is 9.59 Å². The third kappa shape index (κ3) is 3.26. The van der Waals surface area contributed by atoms with Gasteiger partial charge in [-0.1, -0.05) is 30.3 Å². The minimum absolute atomic E-state index is 0.0252. The summed E-state index contributed by atoms with van der Waals surface area (Å²) in [5.41, 5.74) is 6.87. The van der Waals surface area contributed by atoms with E-state index in [0.29, 0.717) is 5.69 Å². The first-order valence-corrected chi connectivity index (χ1v) is 7.07. The zero-order valence-electron chi connectivity index (χ0n) is 11.4. The summed E-state index contributed by atoms with van der Waals surface area (Å²) in [7, 11) is 0. The van der Waals surface area contributed by atoms with Crippen LogP contribution in [0.2, 0.25) is 0 Å². The van der Waals surface area contributed by atoms with E-state index < -0.39 is 11.9 Å². The molecule has 0 saturated carbocycles. The second-order valence-corrected chi connectivity index (χ2v) is 5.24. The number of aromatic nitrogens is 1. The van der Waals surface area contributed by atoms with Crippen molar-refractivity contribution in [3.05, 3.63) is 47.2 Å². The van der Waals surface area contributed by atoms with Crippen LogP contribution in [0.15, 0.2) is 30.3 Å². The molecule has 1 atom stereocenters. The van der Waals surface area contributed by atoms with Gasteiger partial charge in [-0.05, 0) is 24.0 Å². The zero-order chi connectivity index (χ0) is 15.4. The summed E-state index contributed by atoms with van der Waals surface area (Å²) in [5, 5.41) is 12.0. The molecular formula is C14H15N3O3S. The minimum Gasteiger partial charge on any atom is -0.478 e. The summed E-state index contributed by atoms with van der Waals surface area (Å²) in [6.45, 7) is 1.73. The highest BCUT2D eigenvalue weighted by molar-refractivity contribution is 7.11. The molecule has 1 unspecified atom stereocenters. The fourth-order valence-corrected chi connectivity index (χ4v) is 2.78. The SMILES string of the molecule is Cc1nsc(NC(=O)C(CN)c2ccccc2)c1C(=O)O. The van der Waals surface area contributed by atoms with Crippen molar-refractivity contribution in [1.29, 1.82) is 0 Å². The normalized spacial score (nSPS) is 11.9. The summed E-state index contributed by atoms with van der Waals surface area (Å²) < 4.78 is 3.96. The third-order valence-corrected chi connectivity index (χ3v) is 3.92. The smallest absolute Gasteiger partial charge is 0.340 e. The number of benzene rings is 1. The number of rotatable bonds is 5. The topological polar surface area (TPSA) is 105 Å². The first-order valence-electron chi connectivity index (χ1n) is 6.30. The zero-order valence-corrected chi connectivity index (χ0v) is 12.2. The van der Waals surface area contributed by atoms with Crippen LogP contribution in [-0.4, -0.2) is 27.9 Å². The Kier molecular flexibility index (Phi) is 4.66. The average Bonchev–Trinajstić information content (AvgIpc) is 2.81. The highest BCUT2D eigenvalue weighted by Gasteiger charge is 2.23. The molecule has 21 heavy (non-hydrogen) atoms. The number of amides is 1. The van der Waals surface area contributed by atoms with E-state index in [4.69, 9.17) is 10.8 Å². The van der Waals surface area contributed by atoms with Crippen molar-refractivity contribution in [2.45, 2.75) is 12.8 Å². The first-order chi connectivity index (χ1) is 10.0. The number of carbonyl (C=O) groups excluding carboxylic acids is 1. The van der Waals surface area contributed by atoms with Gasteiger partial charge in [0.05, 0.1) is 11.6 Å².